The van der Waals surface area contributed by atoms with Gasteiger partial charge in [0.25, 0.3) is 6.43 Å². The first-order valence-electron chi connectivity index (χ1n) is 12.7. The lowest BCUT2D eigenvalue weighted by Crippen LogP contribution is -2.23. The number of anilines is 3. The van der Waals surface area contributed by atoms with Gasteiger partial charge in [-0.1, -0.05) is 18.2 Å². The number of nitrogens with zero attached hydrogens (tertiary/aromatic N) is 4. The zero-order chi connectivity index (χ0) is 29.1. The first kappa shape index (κ1) is 28.7. The van der Waals surface area contributed by atoms with Crippen molar-refractivity contribution in [2.75, 3.05) is 38.5 Å². The number of carbonyl (C=O) groups excluding carboxylic acids is 1. The van der Waals surface area contributed by atoms with Crippen LogP contribution in [-0.2, 0) is 11.2 Å². The maximum absolute atomic E-state index is 14.8. The van der Waals surface area contributed by atoms with E-state index in [9.17, 15) is 18.0 Å². The van der Waals surface area contributed by atoms with E-state index in [0.717, 1.165) is 23.0 Å². The molecular formula is C30H32F3N5O2. The van der Waals surface area contributed by atoms with Crippen molar-refractivity contribution in [2.24, 2.45) is 0 Å². The van der Waals surface area contributed by atoms with Crippen LogP contribution in [0.3, 0.4) is 0 Å². The number of ether oxygens (including phenoxy) is 1. The number of fused-ring (bicyclic) bond motifs is 1. The van der Waals surface area contributed by atoms with E-state index >= 15 is 0 Å². The van der Waals surface area contributed by atoms with Gasteiger partial charge in [-0.2, -0.15) is 0 Å². The zero-order valence-electron chi connectivity index (χ0n) is 23.3. The van der Waals surface area contributed by atoms with Gasteiger partial charge in [-0.3, -0.25) is 4.79 Å². The number of aromatic nitrogens is 2. The van der Waals surface area contributed by atoms with Gasteiger partial charge in [-0.05, 0) is 50.2 Å². The Morgan fingerprint density at radius 1 is 1.00 bits per heavy atom. The van der Waals surface area contributed by atoms with Crippen LogP contribution in [0.25, 0.3) is 10.9 Å². The molecule has 4 aromatic rings. The molecule has 0 unspecified atom stereocenters. The molecule has 1 amide bonds. The fourth-order valence-corrected chi connectivity index (χ4v) is 4.49. The first-order chi connectivity index (χ1) is 19.0. The Morgan fingerprint density at radius 3 is 2.35 bits per heavy atom. The number of likely N-dealkylation sites (N-methyl/N-ethyl adjacent to an activating group) is 1. The quantitative estimate of drug-likeness (QED) is 0.253. The Labute approximate surface area is 231 Å². The van der Waals surface area contributed by atoms with E-state index in [2.05, 4.69) is 15.3 Å². The van der Waals surface area contributed by atoms with E-state index in [1.165, 1.54) is 17.0 Å². The largest absolute Gasteiger partial charge is 0.496 e. The first-order valence-corrected chi connectivity index (χ1v) is 12.7. The summed E-state index contributed by atoms with van der Waals surface area (Å²) in [6, 6.07) is 14.7. The van der Waals surface area contributed by atoms with Crippen molar-refractivity contribution in [3.05, 3.63) is 82.9 Å². The molecule has 4 rings (SSSR count). The highest BCUT2D eigenvalue weighted by Crippen LogP contribution is 2.34. The van der Waals surface area contributed by atoms with Gasteiger partial charge >= 0.3 is 0 Å². The van der Waals surface area contributed by atoms with Crippen LogP contribution in [0.15, 0.2) is 54.6 Å². The third-order valence-electron chi connectivity index (χ3n) is 6.78. The van der Waals surface area contributed by atoms with Crippen molar-refractivity contribution in [3.63, 3.8) is 0 Å². The van der Waals surface area contributed by atoms with Crippen LogP contribution < -0.4 is 15.0 Å². The van der Waals surface area contributed by atoms with E-state index in [4.69, 9.17) is 4.74 Å². The molecule has 0 radical (unpaired) electrons. The minimum atomic E-state index is -2.91. The summed E-state index contributed by atoms with van der Waals surface area (Å²) in [5.41, 5.74) is 2.57. The number of methoxy groups -OCH3 is 1. The molecule has 7 nitrogen and oxygen atoms in total. The molecule has 0 aliphatic heterocycles. The molecule has 0 bridgehead atoms. The van der Waals surface area contributed by atoms with E-state index in [1.807, 2.05) is 48.3 Å². The Hall–Kier alpha value is -4.34. The van der Waals surface area contributed by atoms with Gasteiger partial charge in [-0.15, -0.1) is 0 Å². The minimum Gasteiger partial charge on any atom is -0.496 e. The molecule has 10 heteroatoms. The molecule has 0 aliphatic rings. The second-order valence-electron chi connectivity index (χ2n) is 9.76. The summed E-state index contributed by atoms with van der Waals surface area (Å²) < 4.78 is 46.9. The van der Waals surface area contributed by atoms with Crippen LogP contribution in [-0.4, -0.2) is 49.0 Å². The van der Waals surface area contributed by atoms with Crippen molar-refractivity contribution in [3.8, 4) is 5.75 Å². The fraction of sp³-hybridized carbons (Fsp3) is 0.300. The monoisotopic (exact) mass is 551 g/mol. The van der Waals surface area contributed by atoms with E-state index in [1.54, 1.807) is 35.1 Å². The fourth-order valence-electron chi connectivity index (χ4n) is 4.49. The summed E-state index contributed by atoms with van der Waals surface area (Å²) in [6.45, 7) is 3.45. The molecule has 1 atom stereocenters. The standard InChI is InChI=1S/C30H32F3N5O2/c1-17(22-8-7-9-23(28(22)31)29(32)33)34-30-24-16-21(10-12-25(24)35-18(2)36-30)38(5)20-11-13-26(40-6)19(14-20)15-27(39)37(3)4/h7-14,16-17,29H,15H2,1-6H3,(H,34,35,36)/t17-/m0/s1. The smallest absolute Gasteiger partial charge is 0.266 e. The molecule has 210 valence electrons. The predicted octanol–water partition coefficient (Wildman–Crippen LogP) is 6.60. The molecule has 1 heterocycles. The number of aryl methyl sites for hydroxylation is 1. The molecule has 0 saturated heterocycles. The molecule has 0 saturated carbocycles. The van der Waals surface area contributed by atoms with Gasteiger partial charge in [0.2, 0.25) is 5.91 Å². The highest BCUT2D eigenvalue weighted by atomic mass is 19.3. The van der Waals surface area contributed by atoms with E-state index in [0.29, 0.717) is 28.3 Å². The molecule has 0 aliphatic carbocycles. The van der Waals surface area contributed by atoms with Crippen LogP contribution in [0.2, 0.25) is 0 Å². The predicted molar refractivity (Wildman–Crippen MR) is 151 cm³/mol. The summed E-state index contributed by atoms with van der Waals surface area (Å²) in [5.74, 6) is 0.612. The zero-order valence-corrected chi connectivity index (χ0v) is 23.3. The second kappa shape index (κ2) is 11.8. The van der Waals surface area contributed by atoms with Crippen LogP contribution in [0, 0.1) is 12.7 Å². The lowest BCUT2D eigenvalue weighted by atomic mass is 10.0. The van der Waals surface area contributed by atoms with Gasteiger partial charge < -0.3 is 19.9 Å². The number of carbonyl (C=O) groups is 1. The van der Waals surface area contributed by atoms with Crippen molar-refractivity contribution < 1.29 is 22.7 Å². The number of alkyl halides is 2. The third kappa shape index (κ3) is 5.95. The minimum absolute atomic E-state index is 0.0447. The summed E-state index contributed by atoms with van der Waals surface area (Å²) in [7, 11) is 6.88. The third-order valence-corrected chi connectivity index (χ3v) is 6.78. The Bertz CT molecular complexity index is 1540. The average molecular weight is 552 g/mol. The number of rotatable bonds is 9. The molecule has 40 heavy (non-hydrogen) atoms. The van der Waals surface area contributed by atoms with Crippen molar-refractivity contribution >= 4 is 34.0 Å². The van der Waals surface area contributed by atoms with Gasteiger partial charge in [-0.25, -0.2) is 23.1 Å². The maximum Gasteiger partial charge on any atom is 0.266 e. The number of halogens is 3. The van der Waals surface area contributed by atoms with Crippen LogP contribution in [0.1, 0.15) is 41.9 Å². The summed E-state index contributed by atoms with van der Waals surface area (Å²) in [4.78, 5) is 24.9. The normalized spacial score (nSPS) is 11.9. The van der Waals surface area contributed by atoms with E-state index in [-0.39, 0.29) is 17.9 Å². The van der Waals surface area contributed by atoms with Crippen LogP contribution in [0.4, 0.5) is 30.4 Å². The van der Waals surface area contributed by atoms with Crippen LogP contribution in [0.5, 0.6) is 5.75 Å². The van der Waals surface area contributed by atoms with Crippen molar-refractivity contribution in [1.29, 1.82) is 0 Å². The Kier molecular flexibility index (Phi) is 8.46. The molecular weight excluding hydrogens is 519 g/mol. The summed E-state index contributed by atoms with van der Waals surface area (Å²) in [5, 5.41) is 3.88. The topological polar surface area (TPSA) is 70.6 Å². The highest BCUT2D eigenvalue weighted by molar-refractivity contribution is 5.92. The second-order valence-corrected chi connectivity index (χ2v) is 9.76. The van der Waals surface area contributed by atoms with Crippen molar-refractivity contribution in [2.45, 2.75) is 32.7 Å². The number of hydrogen-bond acceptors (Lipinski definition) is 6. The molecule has 1 aromatic heterocycles. The lowest BCUT2D eigenvalue weighted by Gasteiger charge is -2.23. The van der Waals surface area contributed by atoms with Gasteiger partial charge in [0.15, 0.2) is 0 Å². The number of hydrogen-bond donors (Lipinski definition) is 1. The number of benzene rings is 3. The molecule has 1 N–H and O–H groups in total. The Morgan fingerprint density at radius 2 is 1.68 bits per heavy atom. The lowest BCUT2D eigenvalue weighted by molar-refractivity contribution is -0.127. The van der Waals surface area contributed by atoms with Gasteiger partial charge in [0, 0.05) is 49.0 Å². The summed E-state index contributed by atoms with van der Waals surface area (Å²) >= 11 is 0. The maximum atomic E-state index is 14.8. The van der Waals surface area contributed by atoms with E-state index < -0.39 is 23.8 Å². The average Bonchev–Trinajstić information content (AvgIpc) is 2.92. The number of amides is 1. The highest BCUT2D eigenvalue weighted by Gasteiger charge is 2.21. The Balaban J connectivity index is 1.70. The molecule has 0 fully saturated rings. The van der Waals surface area contributed by atoms with Crippen LogP contribution >= 0.6 is 0 Å². The number of nitrogens with one attached hydrogen (secondary N) is 1. The van der Waals surface area contributed by atoms with Gasteiger partial charge in [0.05, 0.1) is 30.7 Å². The van der Waals surface area contributed by atoms with Gasteiger partial charge in [0.1, 0.15) is 23.2 Å². The van der Waals surface area contributed by atoms with Crippen molar-refractivity contribution in [1.82, 2.24) is 14.9 Å². The molecule has 3 aromatic carbocycles. The SMILES string of the molecule is COc1ccc(N(C)c2ccc3nc(C)nc(N[C@@H](C)c4cccc(C(F)F)c4F)c3c2)cc1CC(=O)N(C)C. The summed E-state index contributed by atoms with van der Waals surface area (Å²) in [6.07, 6.45) is -2.72. The molecule has 0 spiro atoms.